The van der Waals surface area contributed by atoms with E-state index in [1.54, 1.807) is 50.2 Å². The normalized spacial score (nSPS) is 14.6. The summed E-state index contributed by atoms with van der Waals surface area (Å²) in [7, 11) is 0. The summed E-state index contributed by atoms with van der Waals surface area (Å²) in [5, 5.41) is 19.9. The third kappa shape index (κ3) is 11.9. The Balaban J connectivity index is 2.32. The van der Waals surface area contributed by atoms with Crippen LogP contribution in [0.2, 0.25) is 0 Å². The molecule has 2 aromatic carbocycles. The van der Waals surface area contributed by atoms with Crippen LogP contribution in [-0.4, -0.2) is 64.9 Å². The van der Waals surface area contributed by atoms with E-state index in [0.29, 0.717) is 6.42 Å². The molecule has 0 aliphatic rings. The van der Waals surface area contributed by atoms with Gasteiger partial charge in [-0.05, 0) is 36.3 Å². The van der Waals surface area contributed by atoms with Gasteiger partial charge in [0.1, 0.15) is 24.2 Å². The highest BCUT2D eigenvalue weighted by atomic mass is 16.4. The number of carboxylic acid groups (broad SMARTS) is 1. The molecule has 0 aliphatic carbocycles. The predicted molar refractivity (Wildman–Crippen MR) is 164 cm³/mol. The zero-order valence-electron chi connectivity index (χ0n) is 25.5. The first-order chi connectivity index (χ1) is 20.3. The first kappa shape index (κ1) is 34.9. The molecule has 2 aromatic rings. The van der Waals surface area contributed by atoms with E-state index in [9.17, 15) is 29.1 Å². The van der Waals surface area contributed by atoms with Gasteiger partial charge in [-0.2, -0.15) is 0 Å². The van der Waals surface area contributed by atoms with Gasteiger partial charge in [0.05, 0.1) is 6.04 Å². The molecular weight excluding hydrogens is 550 g/mol. The van der Waals surface area contributed by atoms with E-state index in [0.717, 1.165) is 11.1 Å². The Morgan fingerprint density at radius 2 is 1.09 bits per heavy atom. The van der Waals surface area contributed by atoms with Crippen molar-refractivity contribution in [1.82, 2.24) is 21.3 Å². The molecule has 4 amide bonds. The van der Waals surface area contributed by atoms with Crippen LogP contribution in [0.25, 0.3) is 0 Å². The molecule has 0 saturated carbocycles. The summed E-state index contributed by atoms with van der Waals surface area (Å²) in [6.45, 7) is 8.76. The molecule has 0 fully saturated rings. The SMILES string of the molecule is CC(C)C[C@H](N)C(=O)N[C@H](C(=O)N[C@@H](Cc1ccccc1)C(=O)N[C@@H](Cc1ccccc1)C(=O)N[C@@H](C)C(=O)O)C(C)C. The van der Waals surface area contributed by atoms with Crippen LogP contribution in [0.4, 0.5) is 0 Å². The standard InChI is InChI=1S/C32H45N5O6/c1-19(2)16-24(33)28(38)37-27(20(3)4)31(41)36-26(18-23-14-10-7-11-15-23)30(40)35-25(17-22-12-8-6-9-13-22)29(39)34-21(5)32(42)43/h6-15,19-21,24-27H,16-18,33H2,1-5H3,(H,34,39)(H,35,40)(H,36,41)(H,37,38)(H,42,43)/t21-,24-,25-,26-,27-/m0/s1. The summed E-state index contributed by atoms with van der Waals surface area (Å²) in [4.78, 5) is 64.5. The Kier molecular flexibility index (Phi) is 13.8. The quantitative estimate of drug-likeness (QED) is 0.170. The number of aliphatic carboxylic acids is 1. The lowest BCUT2D eigenvalue weighted by atomic mass is 9.99. The molecule has 0 saturated heterocycles. The molecule has 11 nitrogen and oxygen atoms in total. The Hall–Kier alpha value is -4.25. The number of carbonyl (C=O) groups excluding carboxylic acids is 4. The molecule has 0 bridgehead atoms. The Labute approximate surface area is 253 Å². The summed E-state index contributed by atoms with van der Waals surface area (Å²) in [6.07, 6.45) is 0.646. The minimum atomic E-state index is -1.22. The van der Waals surface area contributed by atoms with Crippen molar-refractivity contribution < 1.29 is 29.1 Å². The zero-order valence-corrected chi connectivity index (χ0v) is 25.5. The number of rotatable bonds is 16. The Bertz CT molecular complexity index is 1220. The van der Waals surface area contributed by atoms with E-state index < -0.39 is 59.8 Å². The monoisotopic (exact) mass is 595 g/mol. The predicted octanol–water partition coefficient (Wildman–Crippen LogP) is 1.54. The fourth-order valence-corrected chi connectivity index (χ4v) is 4.44. The van der Waals surface area contributed by atoms with E-state index in [1.165, 1.54) is 6.92 Å². The first-order valence-corrected chi connectivity index (χ1v) is 14.6. The largest absolute Gasteiger partial charge is 0.480 e. The number of hydrogen-bond donors (Lipinski definition) is 6. The molecule has 11 heteroatoms. The van der Waals surface area contributed by atoms with Crippen molar-refractivity contribution in [3.63, 3.8) is 0 Å². The molecule has 234 valence electrons. The van der Waals surface area contributed by atoms with Gasteiger partial charge in [0, 0.05) is 12.8 Å². The smallest absolute Gasteiger partial charge is 0.325 e. The topological polar surface area (TPSA) is 180 Å². The minimum Gasteiger partial charge on any atom is -0.480 e. The van der Waals surface area contributed by atoms with E-state index in [4.69, 9.17) is 5.73 Å². The van der Waals surface area contributed by atoms with Crippen LogP contribution in [0.1, 0.15) is 52.2 Å². The molecule has 7 N–H and O–H groups in total. The maximum atomic E-state index is 13.7. The fourth-order valence-electron chi connectivity index (χ4n) is 4.44. The lowest BCUT2D eigenvalue weighted by Crippen LogP contribution is -2.60. The molecule has 0 aromatic heterocycles. The van der Waals surface area contributed by atoms with Crippen LogP contribution >= 0.6 is 0 Å². The second-order valence-electron chi connectivity index (χ2n) is 11.5. The molecule has 0 heterocycles. The van der Waals surface area contributed by atoms with Crippen LogP contribution in [0.3, 0.4) is 0 Å². The Morgan fingerprint density at radius 3 is 1.51 bits per heavy atom. The summed E-state index contributed by atoms with van der Waals surface area (Å²) >= 11 is 0. The van der Waals surface area contributed by atoms with Gasteiger partial charge in [-0.15, -0.1) is 0 Å². The van der Waals surface area contributed by atoms with E-state index in [-0.39, 0.29) is 24.7 Å². The zero-order chi connectivity index (χ0) is 32.1. The van der Waals surface area contributed by atoms with Crippen molar-refractivity contribution in [2.75, 3.05) is 0 Å². The molecule has 43 heavy (non-hydrogen) atoms. The van der Waals surface area contributed by atoms with Gasteiger partial charge < -0.3 is 32.1 Å². The van der Waals surface area contributed by atoms with Gasteiger partial charge in [0.25, 0.3) is 0 Å². The highest BCUT2D eigenvalue weighted by Gasteiger charge is 2.32. The number of carbonyl (C=O) groups is 5. The van der Waals surface area contributed by atoms with Crippen molar-refractivity contribution in [1.29, 1.82) is 0 Å². The second kappa shape index (κ2) is 17.0. The lowest BCUT2D eigenvalue weighted by molar-refractivity contribution is -0.141. The van der Waals surface area contributed by atoms with Crippen LogP contribution < -0.4 is 27.0 Å². The highest BCUT2D eigenvalue weighted by Crippen LogP contribution is 2.10. The van der Waals surface area contributed by atoms with Crippen molar-refractivity contribution in [2.45, 2.75) is 84.1 Å². The van der Waals surface area contributed by atoms with Crippen LogP contribution in [0.5, 0.6) is 0 Å². The number of benzene rings is 2. The molecule has 0 unspecified atom stereocenters. The van der Waals surface area contributed by atoms with Gasteiger partial charge in [0.15, 0.2) is 0 Å². The first-order valence-electron chi connectivity index (χ1n) is 14.6. The van der Waals surface area contributed by atoms with Gasteiger partial charge in [-0.1, -0.05) is 88.4 Å². The molecule has 0 radical (unpaired) electrons. The van der Waals surface area contributed by atoms with Gasteiger partial charge in [0.2, 0.25) is 23.6 Å². The van der Waals surface area contributed by atoms with Crippen molar-refractivity contribution in [3.8, 4) is 0 Å². The molecular formula is C32H45N5O6. The molecule has 2 rings (SSSR count). The van der Waals surface area contributed by atoms with E-state index in [2.05, 4.69) is 21.3 Å². The number of hydrogen-bond acceptors (Lipinski definition) is 6. The maximum Gasteiger partial charge on any atom is 0.325 e. The maximum absolute atomic E-state index is 13.7. The fraction of sp³-hybridized carbons (Fsp3) is 0.469. The highest BCUT2D eigenvalue weighted by molar-refractivity contribution is 5.95. The van der Waals surface area contributed by atoms with E-state index >= 15 is 0 Å². The van der Waals surface area contributed by atoms with Crippen molar-refractivity contribution in [2.24, 2.45) is 17.6 Å². The van der Waals surface area contributed by atoms with E-state index in [1.807, 2.05) is 38.1 Å². The average Bonchev–Trinajstić information content (AvgIpc) is 2.95. The van der Waals surface area contributed by atoms with Crippen LogP contribution in [0.15, 0.2) is 60.7 Å². The number of nitrogens with two attached hydrogens (primary N) is 1. The number of nitrogens with one attached hydrogen (secondary N) is 4. The summed E-state index contributed by atoms with van der Waals surface area (Å²) < 4.78 is 0. The van der Waals surface area contributed by atoms with Gasteiger partial charge in [-0.3, -0.25) is 24.0 Å². The van der Waals surface area contributed by atoms with Crippen molar-refractivity contribution in [3.05, 3.63) is 71.8 Å². The number of carboxylic acids is 1. The minimum absolute atomic E-state index is 0.0924. The summed E-state index contributed by atoms with van der Waals surface area (Å²) in [5.41, 5.74) is 7.54. The number of amides is 4. The summed E-state index contributed by atoms with van der Waals surface area (Å²) in [5.74, 6) is -3.69. The third-order valence-electron chi connectivity index (χ3n) is 6.87. The van der Waals surface area contributed by atoms with Crippen LogP contribution in [0, 0.1) is 11.8 Å². The third-order valence-corrected chi connectivity index (χ3v) is 6.87. The molecule has 0 spiro atoms. The Morgan fingerprint density at radius 1 is 0.651 bits per heavy atom. The van der Waals surface area contributed by atoms with Gasteiger partial charge in [-0.25, -0.2) is 0 Å². The summed E-state index contributed by atoms with van der Waals surface area (Å²) in [6, 6.07) is 12.9. The average molecular weight is 596 g/mol. The van der Waals surface area contributed by atoms with Crippen molar-refractivity contribution >= 4 is 29.6 Å². The second-order valence-corrected chi connectivity index (χ2v) is 11.5. The lowest BCUT2D eigenvalue weighted by Gasteiger charge is -2.28. The molecule has 0 aliphatic heterocycles. The molecule has 5 atom stereocenters. The van der Waals surface area contributed by atoms with Gasteiger partial charge >= 0.3 is 5.97 Å². The van der Waals surface area contributed by atoms with Crippen LogP contribution in [-0.2, 0) is 36.8 Å².